The summed E-state index contributed by atoms with van der Waals surface area (Å²) >= 11 is 0. The first-order chi connectivity index (χ1) is 9.32. The molecular weight excluding hydrogens is 240 g/mol. The lowest BCUT2D eigenvalue weighted by atomic mass is 9.96. The Morgan fingerprint density at radius 3 is 2.68 bits per heavy atom. The van der Waals surface area contributed by atoms with Gasteiger partial charge in [-0.15, -0.1) is 0 Å². The van der Waals surface area contributed by atoms with E-state index in [-0.39, 0.29) is 11.7 Å². The van der Waals surface area contributed by atoms with Crippen molar-refractivity contribution in [2.45, 2.75) is 50.4 Å². The van der Waals surface area contributed by atoms with Crippen LogP contribution in [0.15, 0.2) is 24.3 Å². The monoisotopic (exact) mass is 262 g/mol. The third-order valence-electron chi connectivity index (χ3n) is 4.40. The van der Waals surface area contributed by atoms with Gasteiger partial charge in [-0.3, -0.25) is 0 Å². The molecule has 2 aliphatic rings. The second-order valence-electron chi connectivity index (χ2n) is 5.56. The molecule has 1 spiro atoms. The van der Waals surface area contributed by atoms with Gasteiger partial charge in [-0.25, -0.2) is 0 Å². The second-order valence-corrected chi connectivity index (χ2v) is 5.56. The zero-order valence-corrected chi connectivity index (χ0v) is 11.6. The van der Waals surface area contributed by atoms with Gasteiger partial charge in [0.15, 0.2) is 0 Å². The van der Waals surface area contributed by atoms with Crippen LogP contribution >= 0.6 is 0 Å². The Kier molecular flexibility index (Phi) is 3.76. The van der Waals surface area contributed by atoms with Crippen LogP contribution in [0.3, 0.4) is 0 Å². The predicted molar refractivity (Wildman–Crippen MR) is 73.3 cm³/mol. The van der Waals surface area contributed by atoms with Gasteiger partial charge in [0, 0.05) is 6.61 Å². The normalized spacial score (nSPS) is 30.1. The van der Waals surface area contributed by atoms with E-state index >= 15 is 0 Å². The van der Waals surface area contributed by atoms with E-state index in [9.17, 15) is 0 Å². The number of hydrogen-bond donors (Lipinski definition) is 0. The smallest absolute Gasteiger partial charge is 0.118 e. The maximum Gasteiger partial charge on any atom is 0.118 e. The van der Waals surface area contributed by atoms with E-state index in [4.69, 9.17) is 14.2 Å². The molecule has 3 heteroatoms. The molecule has 1 heterocycles. The van der Waals surface area contributed by atoms with Gasteiger partial charge in [0.05, 0.1) is 25.4 Å². The van der Waals surface area contributed by atoms with Crippen molar-refractivity contribution >= 4 is 0 Å². The average molecular weight is 262 g/mol. The molecule has 1 aromatic carbocycles. The minimum Gasteiger partial charge on any atom is -0.497 e. The Morgan fingerprint density at radius 2 is 2.00 bits per heavy atom. The molecule has 0 unspecified atom stereocenters. The van der Waals surface area contributed by atoms with Gasteiger partial charge in [0.25, 0.3) is 0 Å². The van der Waals surface area contributed by atoms with E-state index in [0.29, 0.717) is 6.61 Å². The quantitative estimate of drug-likeness (QED) is 0.833. The average Bonchev–Trinajstić information content (AvgIpc) is 3.08. The number of hydrogen-bond acceptors (Lipinski definition) is 3. The summed E-state index contributed by atoms with van der Waals surface area (Å²) in [6.45, 7) is 1.57. The predicted octanol–water partition coefficient (Wildman–Crippen LogP) is 3.31. The van der Waals surface area contributed by atoms with Crippen LogP contribution in [-0.2, 0) is 16.1 Å². The number of ether oxygens (including phenoxy) is 3. The number of benzene rings is 1. The second kappa shape index (κ2) is 5.51. The fourth-order valence-electron chi connectivity index (χ4n) is 3.33. The molecule has 2 fully saturated rings. The summed E-state index contributed by atoms with van der Waals surface area (Å²) in [5, 5.41) is 0. The van der Waals surface area contributed by atoms with Gasteiger partial charge >= 0.3 is 0 Å². The van der Waals surface area contributed by atoms with Crippen LogP contribution in [0.1, 0.15) is 37.7 Å². The Hall–Kier alpha value is -1.06. The Morgan fingerprint density at radius 1 is 1.21 bits per heavy atom. The van der Waals surface area contributed by atoms with Crippen molar-refractivity contribution in [3.63, 3.8) is 0 Å². The van der Waals surface area contributed by atoms with E-state index < -0.39 is 0 Å². The van der Waals surface area contributed by atoms with Gasteiger partial charge in [-0.05, 0) is 49.8 Å². The highest BCUT2D eigenvalue weighted by Crippen LogP contribution is 2.43. The Labute approximate surface area is 114 Å². The molecule has 3 nitrogen and oxygen atoms in total. The lowest BCUT2D eigenvalue weighted by molar-refractivity contribution is -0.107. The van der Waals surface area contributed by atoms with Crippen LogP contribution in [0.25, 0.3) is 0 Å². The van der Waals surface area contributed by atoms with Crippen molar-refractivity contribution in [1.82, 2.24) is 0 Å². The third kappa shape index (κ3) is 2.63. The van der Waals surface area contributed by atoms with E-state index in [1.807, 2.05) is 12.1 Å². The van der Waals surface area contributed by atoms with Crippen LogP contribution < -0.4 is 4.74 Å². The van der Waals surface area contributed by atoms with E-state index in [0.717, 1.165) is 18.8 Å². The molecule has 1 saturated heterocycles. The van der Waals surface area contributed by atoms with Crippen molar-refractivity contribution in [2.24, 2.45) is 0 Å². The fourth-order valence-corrected chi connectivity index (χ4v) is 3.33. The minimum atomic E-state index is 0.0342. The zero-order valence-electron chi connectivity index (χ0n) is 11.6. The van der Waals surface area contributed by atoms with E-state index in [1.165, 1.54) is 31.2 Å². The van der Waals surface area contributed by atoms with Crippen molar-refractivity contribution in [1.29, 1.82) is 0 Å². The summed E-state index contributed by atoms with van der Waals surface area (Å²) in [6, 6.07) is 8.09. The highest BCUT2D eigenvalue weighted by Gasteiger charge is 2.46. The first-order valence-electron chi connectivity index (χ1n) is 7.21. The lowest BCUT2D eigenvalue weighted by Gasteiger charge is -2.30. The van der Waals surface area contributed by atoms with Crippen molar-refractivity contribution < 1.29 is 14.2 Å². The Bertz CT molecular complexity index is 401. The van der Waals surface area contributed by atoms with E-state index in [1.54, 1.807) is 7.11 Å². The summed E-state index contributed by atoms with van der Waals surface area (Å²) in [5.74, 6) is 0.889. The molecular formula is C16H22O3. The minimum absolute atomic E-state index is 0.0342. The van der Waals surface area contributed by atoms with Crippen LogP contribution in [-0.4, -0.2) is 25.4 Å². The largest absolute Gasteiger partial charge is 0.497 e. The van der Waals surface area contributed by atoms with Gasteiger partial charge < -0.3 is 14.2 Å². The number of rotatable bonds is 4. The molecule has 0 bridgehead atoms. The molecule has 1 aliphatic heterocycles. The molecule has 0 aromatic heterocycles. The summed E-state index contributed by atoms with van der Waals surface area (Å²) in [6.07, 6.45) is 6.16. The molecule has 0 N–H and O–H groups in total. The van der Waals surface area contributed by atoms with Gasteiger partial charge in [-0.2, -0.15) is 0 Å². The summed E-state index contributed by atoms with van der Waals surface area (Å²) in [5.41, 5.74) is 1.23. The molecule has 1 saturated carbocycles. The molecule has 1 aromatic rings. The highest BCUT2D eigenvalue weighted by atomic mass is 16.6. The topological polar surface area (TPSA) is 27.7 Å². The molecule has 19 heavy (non-hydrogen) atoms. The van der Waals surface area contributed by atoms with Gasteiger partial charge in [0.1, 0.15) is 5.75 Å². The standard InChI is InChI=1S/C16H22O3/c1-17-14-7-5-13(6-8-14)12-18-15-4-2-9-16(15)10-3-11-19-16/h5-8,15H,2-4,9-12H2,1H3/t15-,16+/m1/s1. The third-order valence-corrected chi connectivity index (χ3v) is 4.40. The van der Waals surface area contributed by atoms with Crippen LogP contribution in [0.5, 0.6) is 5.75 Å². The zero-order chi connectivity index (χ0) is 13.1. The van der Waals surface area contributed by atoms with Crippen LogP contribution in [0.4, 0.5) is 0 Å². The van der Waals surface area contributed by atoms with Crippen molar-refractivity contribution in [2.75, 3.05) is 13.7 Å². The van der Waals surface area contributed by atoms with Gasteiger partial charge in [0.2, 0.25) is 0 Å². The summed E-state index contributed by atoms with van der Waals surface area (Å²) in [4.78, 5) is 0. The van der Waals surface area contributed by atoms with Crippen molar-refractivity contribution in [3.05, 3.63) is 29.8 Å². The first-order valence-corrected chi connectivity index (χ1v) is 7.21. The number of methoxy groups -OCH3 is 1. The molecule has 0 radical (unpaired) electrons. The van der Waals surface area contributed by atoms with Crippen LogP contribution in [0.2, 0.25) is 0 Å². The van der Waals surface area contributed by atoms with E-state index in [2.05, 4.69) is 12.1 Å². The summed E-state index contributed by atoms with van der Waals surface area (Å²) < 4.78 is 17.3. The summed E-state index contributed by atoms with van der Waals surface area (Å²) in [7, 11) is 1.69. The molecule has 0 amide bonds. The maximum absolute atomic E-state index is 6.13. The van der Waals surface area contributed by atoms with Crippen molar-refractivity contribution in [3.8, 4) is 5.75 Å². The molecule has 3 rings (SSSR count). The Balaban J connectivity index is 1.59. The maximum atomic E-state index is 6.13. The van der Waals surface area contributed by atoms with Crippen LogP contribution in [0, 0.1) is 0 Å². The van der Waals surface area contributed by atoms with Gasteiger partial charge in [-0.1, -0.05) is 12.1 Å². The molecule has 104 valence electrons. The fraction of sp³-hybridized carbons (Fsp3) is 0.625. The lowest BCUT2D eigenvalue weighted by Crippen LogP contribution is -2.38. The molecule has 1 aliphatic carbocycles. The first kappa shape index (κ1) is 12.9. The molecule has 2 atom stereocenters. The highest BCUT2D eigenvalue weighted by molar-refractivity contribution is 5.26. The SMILES string of the molecule is COc1ccc(CO[C@@H]2CCC[C@]23CCCO3)cc1.